The van der Waals surface area contributed by atoms with Gasteiger partial charge in [0.05, 0.1) is 0 Å². The van der Waals surface area contributed by atoms with Crippen LogP contribution in [0.1, 0.15) is 31.9 Å². The molecule has 0 N–H and O–H groups in total. The van der Waals surface area contributed by atoms with E-state index in [1.54, 1.807) is 0 Å². The van der Waals surface area contributed by atoms with Gasteiger partial charge in [0.25, 0.3) is 0 Å². The quantitative estimate of drug-likeness (QED) is 0.483. The molecule has 0 amide bonds. The third-order valence-electron chi connectivity index (χ3n) is 3.53. The minimum Gasteiger partial charge on any atom is -0.370 e. The van der Waals surface area contributed by atoms with Gasteiger partial charge in [-0.1, -0.05) is 60.7 Å². The lowest BCUT2D eigenvalue weighted by molar-refractivity contribution is 0.0873. The fraction of sp³-hybridized carbons (Fsp3) is 0.300. The standard InChI is InChI=1S/C20H26O3Si/c1-4-21-24(22-5-2,23-6-3)20(19-15-11-8-12-16-19)17-18-13-9-7-10-14-18/h7-17H,4-6H2,1-3H3. The van der Waals surface area contributed by atoms with Gasteiger partial charge in [0.1, 0.15) is 0 Å². The van der Waals surface area contributed by atoms with E-state index in [1.807, 2.05) is 57.2 Å². The van der Waals surface area contributed by atoms with Crippen LogP contribution in [0.5, 0.6) is 0 Å². The summed E-state index contributed by atoms with van der Waals surface area (Å²) in [5.74, 6) is 0. The first-order chi connectivity index (χ1) is 11.8. The summed E-state index contributed by atoms with van der Waals surface area (Å²) in [5, 5.41) is 1.000. The molecule has 0 heterocycles. The maximum absolute atomic E-state index is 6.13. The van der Waals surface area contributed by atoms with Crippen molar-refractivity contribution in [2.24, 2.45) is 0 Å². The largest absolute Gasteiger partial charge is 0.537 e. The number of hydrogen-bond donors (Lipinski definition) is 0. The van der Waals surface area contributed by atoms with Gasteiger partial charge in [-0.05, 0) is 38.0 Å². The number of hydrogen-bond acceptors (Lipinski definition) is 3. The summed E-state index contributed by atoms with van der Waals surface area (Å²) in [4.78, 5) is 0. The average Bonchev–Trinajstić information content (AvgIpc) is 2.62. The van der Waals surface area contributed by atoms with Crippen molar-refractivity contribution in [2.75, 3.05) is 19.8 Å². The Labute approximate surface area is 146 Å². The zero-order chi connectivity index (χ0) is 17.3. The molecule has 0 saturated carbocycles. The fourth-order valence-electron chi connectivity index (χ4n) is 2.61. The normalized spacial score (nSPS) is 12.4. The minimum atomic E-state index is -2.99. The Bertz CT molecular complexity index is 609. The highest BCUT2D eigenvalue weighted by Crippen LogP contribution is 2.31. The van der Waals surface area contributed by atoms with Crippen LogP contribution in [0.15, 0.2) is 60.7 Å². The molecule has 0 aliphatic rings. The fourth-order valence-corrected chi connectivity index (χ4v) is 5.33. The lowest BCUT2D eigenvalue weighted by Crippen LogP contribution is -2.47. The molecule has 0 fully saturated rings. The van der Waals surface area contributed by atoms with Gasteiger partial charge in [-0.2, -0.15) is 0 Å². The van der Waals surface area contributed by atoms with Crippen LogP contribution >= 0.6 is 0 Å². The molecule has 4 heteroatoms. The molecule has 0 saturated heterocycles. The highest BCUT2D eigenvalue weighted by molar-refractivity contribution is 6.82. The Balaban J connectivity index is 2.59. The summed E-state index contributed by atoms with van der Waals surface area (Å²) >= 11 is 0. The van der Waals surface area contributed by atoms with Crippen molar-refractivity contribution >= 4 is 20.1 Å². The maximum atomic E-state index is 6.13. The van der Waals surface area contributed by atoms with Crippen molar-refractivity contribution in [1.82, 2.24) is 0 Å². The van der Waals surface area contributed by atoms with E-state index in [-0.39, 0.29) is 0 Å². The van der Waals surface area contributed by atoms with Crippen molar-refractivity contribution in [3.63, 3.8) is 0 Å². The van der Waals surface area contributed by atoms with Gasteiger partial charge in [0.15, 0.2) is 0 Å². The lowest BCUT2D eigenvalue weighted by atomic mass is 10.1. The van der Waals surface area contributed by atoms with Gasteiger partial charge in [0.2, 0.25) is 0 Å². The van der Waals surface area contributed by atoms with Crippen molar-refractivity contribution < 1.29 is 13.3 Å². The topological polar surface area (TPSA) is 27.7 Å². The zero-order valence-electron chi connectivity index (χ0n) is 14.7. The zero-order valence-corrected chi connectivity index (χ0v) is 15.7. The van der Waals surface area contributed by atoms with E-state index in [0.717, 1.165) is 16.3 Å². The van der Waals surface area contributed by atoms with Crippen LogP contribution in [0.25, 0.3) is 11.3 Å². The van der Waals surface area contributed by atoms with E-state index in [9.17, 15) is 0 Å². The minimum absolute atomic E-state index is 0.547. The van der Waals surface area contributed by atoms with E-state index < -0.39 is 8.80 Å². The Morgan fingerprint density at radius 1 is 0.750 bits per heavy atom. The first-order valence-electron chi connectivity index (χ1n) is 8.50. The third-order valence-corrected chi connectivity index (χ3v) is 6.63. The second-order valence-electron chi connectivity index (χ2n) is 5.19. The molecule has 0 aromatic heterocycles. The summed E-state index contributed by atoms with van der Waals surface area (Å²) in [6.45, 7) is 7.57. The van der Waals surface area contributed by atoms with Crippen LogP contribution in [-0.2, 0) is 13.3 Å². The van der Waals surface area contributed by atoms with Gasteiger partial charge in [-0.3, -0.25) is 0 Å². The van der Waals surface area contributed by atoms with Crippen LogP contribution in [0.2, 0.25) is 0 Å². The molecule has 0 aliphatic carbocycles. The molecular formula is C20H26O3Si. The summed E-state index contributed by atoms with van der Waals surface area (Å²) in [6.07, 6.45) is 2.13. The molecule has 128 valence electrons. The average molecular weight is 343 g/mol. The van der Waals surface area contributed by atoms with Crippen LogP contribution in [0.4, 0.5) is 0 Å². The predicted molar refractivity (Wildman–Crippen MR) is 101 cm³/mol. The highest BCUT2D eigenvalue weighted by Gasteiger charge is 2.45. The number of rotatable bonds is 9. The molecule has 0 atom stereocenters. The summed E-state index contributed by atoms with van der Waals surface area (Å²) < 4.78 is 18.4. The molecule has 0 unspecified atom stereocenters. The Morgan fingerprint density at radius 3 is 1.67 bits per heavy atom. The monoisotopic (exact) mass is 342 g/mol. The summed E-state index contributed by atoms with van der Waals surface area (Å²) in [6, 6.07) is 20.4. The van der Waals surface area contributed by atoms with Gasteiger partial charge < -0.3 is 13.3 Å². The molecule has 0 aliphatic heterocycles. The molecule has 2 rings (SSSR count). The van der Waals surface area contributed by atoms with E-state index in [4.69, 9.17) is 13.3 Å². The molecular weight excluding hydrogens is 316 g/mol. The third kappa shape index (κ3) is 4.64. The Morgan fingerprint density at radius 2 is 1.21 bits per heavy atom. The first-order valence-corrected chi connectivity index (χ1v) is 10.2. The molecule has 0 radical (unpaired) electrons. The lowest BCUT2D eigenvalue weighted by Gasteiger charge is -2.31. The Hall–Kier alpha value is -1.72. The van der Waals surface area contributed by atoms with Crippen molar-refractivity contribution in [2.45, 2.75) is 20.8 Å². The van der Waals surface area contributed by atoms with Crippen LogP contribution in [-0.4, -0.2) is 28.6 Å². The van der Waals surface area contributed by atoms with Crippen molar-refractivity contribution in [3.8, 4) is 0 Å². The molecule has 2 aromatic rings. The molecule has 3 nitrogen and oxygen atoms in total. The number of benzene rings is 2. The van der Waals surface area contributed by atoms with Crippen molar-refractivity contribution in [1.29, 1.82) is 0 Å². The first kappa shape index (κ1) is 18.6. The van der Waals surface area contributed by atoms with Gasteiger partial charge >= 0.3 is 8.80 Å². The van der Waals surface area contributed by atoms with Crippen LogP contribution in [0.3, 0.4) is 0 Å². The maximum Gasteiger partial charge on any atom is 0.537 e. The second kappa shape index (κ2) is 9.54. The van der Waals surface area contributed by atoms with Crippen LogP contribution in [0, 0.1) is 0 Å². The van der Waals surface area contributed by atoms with Crippen molar-refractivity contribution in [3.05, 3.63) is 71.8 Å². The second-order valence-corrected chi connectivity index (χ2v) is 7.71. The summed E-state index contributed by atoms with van der Waals surface area (Å²) in [7, 11) is -2.99. The SMILES string of the molecule is CCO[Si](OCC)(OCC)C(=Cc1ccccc1)c1ccccc1. The van der Waals surface area contributed by atoms with E-state index in [2.05, 4.69) is 30.3 Å². The van der Waals surface area contributed by atoms with E-state index in [0.29, 0.717) is 19.8 Å². The highest BCUT2D eigenvalue weighted by atomic mass is 28.4. The summed E-state index contributed by atoms with van der Waals surface area (Å²) in [5.41, 5.74) is 2.18. The molecule has 2 aromatic carbocycles. The van der Waals surface area contributed by atoms with Crippen LogP contribution < -0.4 is 0 Å². The predicted octanol–water partition coefficient (Wildman–Crippen LogP) is 4.81. The van der Waals surface area contributed by atoms with E-state index >= 15 is 0 Å². The van der Waals surface area contributed by atoms with Gasteiger partial charge in [-0.15, -0.1) is 0 Å². The molecule has 0 spiro atoms. The molecule has 0 bridgehead atoms. The molecule has 24 heavy (non-hydrogen) atoms. The van der Waals surface area contributed by atoms with E-state index in [1.165, 1.54) is 0 Å². The van der Waals surface area contributed by atoms with Gasteiger partial charge in [-0.25, -0.2) is 0 Å². The smallest absolute Gasteiger partial charge is 0.370 e. The Kier molecular flexibility index (Phi) is 7.40. The van der Waals surface area contributed by atoms with Gasteiger partial charge in [0, 0.05) is 25.0 Å².